The molecule has 0 saturated heterocycles. The highest BCUT2D eigenvalue weighted by Gasteiger charge is 2.07. The van der Waals surface area contributed by atoms with Gasteiger partial charge in [0, 0.05) is 19.3 Å². The molecule has 1 aromatic heterocycles. The van der Waals surface area contributed by atoms with Crippen LogP contribution in [0.1, 0.15) is 10.4 Å². The van der Waals surface area contributed by atoms with Gasteiger partial charge in [-0.1, -0.05) is 0 Å². The molecular weight excluding hydrogens is 208 g/mol. The number of nitrogen functional groups attached to an aromatic ring is 1. The first-order chi connectivity index (χ1) is 7.50. The number of rotatable bonds is 5. The normalized spacial score (nSPS) is 10.4. The summed E-state index contributed by atoms with van der Waals surface area (Å²) in [6.07, 6.45) is 1.29. The second-order valence-corrected chi connectivity index (χ2v) is 3.70. The molecule has 0 aliphatic carbocycles. The molecule has 0 aliphatic heterocycles. The minimum atomic E-state index is -1.03. The van der Waals surface area contributed by atoms with Gasteiger partial charge in [-0.2, -0.15) is 0 Å². The summed E-state index contributed by atoms with van der Waals surface area (Å²) in [4.78, 5) is 16.6. The molecule has 0 unspecified atom stereocenters. The number of carboxylic acid groups (broad SMARTS) is 1. The second kappa shape index (κ2) is 5.32. The number of nitrogens with zero attached hydrogens (tertiary/aromatic N) is 2. The lowest BCUT2D eigenvalue weighted by Gasteiger charge is -2.12. The highest BCUT2D eigenvalue weighted by molar-refractivity contribution is 5.89. The number of carboxylic acids is 1. The van der Waals surface area contributed by atoms with Crippen LogP contribution in [0, 0.1) is 0 Å². The largest absolute Gasteiger partial charge is 0.478 e. The Morgan fingerprint density at radius 2 is 2.31 bits per heavy atom. The number of aromatic carboxylic acids is 1. The van der Waals surface area contributed by atoms with Crippen LogP contribution in [0.3, 0.4) is 0 Å². The number of carbonyl (C=O) groups is 1. The quantitative estimate of drug-likeness (QED) is 0.668. The van der Waals surface area contributed by atoms with Crippen LogP contribution >= 0.6 is 0 Å². The van der Waals surface area contributed by atoms with Gasteiger partial charge in [0.1, 0.15) is 5.82 Å². The van der Waals surface area contributed by atoms with Crippen LogP contribution in [-0.4, -0.2) is 48.1 Å². The highest BCUT2D eigenvalue weighted by atomic mass is 16.4. The van der Waals surface area contributed by atoms with Crippen molar-refractivity contribution in [2.45, 2.75) is 0 Å². The van der Waals surface area contributed by atoms with Crippen molar-refractivity contribution in [2.24, 2.45) is 0 Å². The summed E-state index contributed by atoms with van der Waals surface area (Å²) in [5.74, 6) is -0.508. The first kappa shape index (κ1) is 12.3. The molecule has 0 spiro atoms. The molecule has 0 aliphatic rings. The number of nitrogens with one attached hydrogen (secondary N) is 1. The van der Waals surface area contributed by atoms with Gasteiger partial charge in [0.25, 0.3) is 0 Å². The summed E-state index contributed by atoms with van der Waals surface area (Å²) < 4.78 is 0. The van der Waals surface area contributed by atoms with Crippen molar-refractivity contribution in [3.8, 4) is 0 Å². The maximum atomic E-state index is 10.6. The van der Waals surface area contributed by atoms with Gasteiger partial charge in [0.15, 0.2) is 0 Å². The third-order valence-electron chi connectivity index (χ3n) is 2.02. The molecular formula is C10H16N4O2. The Morgan fingerprint density at radius 3 is 2.81 bits per heavy atom. The Kier molecular flexibility index (Phi) is 4.07. The van der Waals surface area contributed by atoms with E-state index < -0.39 is 5.97 Å². The Balaban J connectivity index is 2.64. The summed E-state index contributed by atoms with van der Waals surface area (Å²) in [7, 11) is 3.93. The van der Waals surface area contributed by atoms with E-state index in [2.05, 4.69) is 10.3 Å². The van der Waals surface area contributed by atoms with Gasteiger partial charge in [-0.15, -0.1) is 0 Å². The maximum absolute atomic E-state index is 10.6. The molecule has 0 fully saturated rings. The van der Waals surface area contributed by atoms with Crippen molar-refractivity contribution < 1.29 is 9.90 Å². The summed E-state index contributed by atoms with van der Waals surface area (Å²) >= 11 is 0. The summed E-state index contributed by atoms with van der Waals surface area (Å²) in [5, 5.41) is 11.8. The van der Waals surface area contributed by atoms with Crippen molar-refractivity contribution in [3.63, 3.8) is 0 Å². The third kappa shape index (κ3) is 3.39. The van der Waals surface area contributed by atoms with E-state index in [0.29, 0.717) is 18.1 Å². The Bertz CT molecular complexity index is 379. The first-order valence-corrected chi connectivity index (χ1v) is 4.88. The Hall–Kier alpha value is -1.82. The predicted octanol–water partition coefficient (Wildman–Crippen LogP) is 0.335. The van der Waals surface area contributed by atoms with E-state index in [-0.39, 0.29) is 5.56 Å². The Labute approximate surface area is 94.1 Å². The molecule has 16 heavy (non-hydrogen) atoms. The molecule has 1 heterocycles. The first-order valence-electron chi connectivity index (χ1n) is 4.88. The molecule has 0 aromatic carbocycles. The van der Waals surface area contributed by atoms with E-state index in [9.17, 15) is 4.79 Å². The van der Waals surface area contributed by atoms with Crippen molar-refractivity contribution in [1.82, 2.24) is 9.88 Å². The predicted molar refractivity (Wildman–Crippen MR) is 62.7 cm³/mol. The molecule has 0 saturated carbocycles. The fraction of sp³-hybridized carbons (Fsp3) is 0.400. The zero-order valence-corrected chi connectivity index (χ0v) is 9.40. The smallest absolute Gasteiger partial charge is 0.337 e. The maximum Gasteiger partial charge on any atom is 0.337 e. The number of pyridine rings is 1. The number of hydrogen-bond donors (Lipinski definition) is 3. The fourth-order valence-electron chi connectivity index (χ4n) is 1.14. The van der Waals surface area contributed by atoms with Gasteiger partial charge in [0.2, 0.25) is 0 Å². The van der Waals surface area contributed by atoms with Crippen molar-refractivity contribution in [2.75, 3.05) is 38.2 Å². The van der Waals surface area contributed by atoms with E-state index in [1.807, 2.05) is 19.0 Å². The molecule has 6 heteroatoms. The minimum Gasteiger partial charge on any atom is -0.478 e. The summed E-state index contributed by atoms with van der Waals surface area (Å²) in [6.45, 7) is 1.55. The minimum absolute atomic E-state index is 0.0932. The number of hydrogen-bond acceptors (Lipinski definition) is 5. The number of aromatic nitrogens is 1. The molecule has 1 rings (SSSR count). The number of nitrogens with two attached hydrogens (primary N) is 1. The van der Waals surface area contributed by atoms with Gasteiger partial charge in [-0.25, -0.2) is 9.78 Å². The monoisotopic (exact) mass is 224 g/mol. The van der Waals surface area contributed by atoms with Crippen molar-refractivity contribution in [1.29, 1.82) is 0 Å². The zero-order valence-electron chi connectivity index (χ0n) is 9.40. The van der Waals surface area contributed by atoms with Crippen LogP contribution in [0.5, 0.6) is 0 Å². The van der Waals surface area contributed by atoms with Gasteiger partial charge < -0.3 is 21.1 Å². The van der Waals surface area contributed by atoms with Gasteiger partial charge in [-0.05, 0) is 20.2 Å². The molecule has 1 aromatic rings. The Morgan fingerprint density at radius 1 is 1.62 bits per heavy atom. The van der Waals surface area contributed by atoms with E-state index in [1.165, 1.54) is 12.3 Å². The van der Waals surface area contributed by atoms with Crippen LogP contribution in [0.4, 0.5) is 11.5 Å². The topological polar surface area (TPSA) is 91.5 Å². The van der Waals surface area contributed by atoms with Gasteiger partial charge in [0.05, 0.1) is 11.3 Å². The van der Waals surface area contributed by atoms with E-state index >= 15 is 0 Å². The van der Waals surface area contributed by atoms with E-state index in [0.717, 1.165) is 6.54 Å². The molecule has 0 atom stereocenters. The van der Waals surface area contributed by atoms with Crippen LogP contribution in [0.25, 0.3) is 0 Å². The van der Waals surface area contributed by atoms with Crippen LogP contribution in [0.2, 0.25) is 0 Å². The zero-order chi connectivity index (χ0) is 12.1. The van der Waals surface area contributed by atoms with E-state index in [1.54, 1.807) is 0 Å². The lowest BCUT2D eigenvalue weighted by molar-refractivity contribution is 0.0696. The lowest BCUT2D eigenvalue weighted by atomic mass is 10.2. The highest BCUT2D eigenvalue weighted by Crippen LogP contribution is 2.15. The molecule has 88 valence electrons. The van der Waals surface area contributed by atoms with E-state index in [4.69, 9.17) is 10.8 Å². The summed E-state index contributed by atoms with van der Waals surface area (Å²) in [6, 6.07) is 1.40. The van der Waals surface area contributed by atoms with Crippen LogP contribution in [0.15, 0.2) is 12.3 Å². The molecule has 0 bridgehead atoms. The second-order valence-electron chi connectivity index (χ2n) is 3.70. The summed E-state index contributed by atoms with van der Waals surface area (Å²) in [5.41, 5.74) is 6.11. The average molecular weight is 224 g/mol. The average Bonchev–Trinajstić information content (AvgIpc) is 2.19. The fourth-order valence-corrected chi connectivity index (χ4v) is 1.14. The third-order valence-corrected chi connectivity index (χ3v) is 2.02. The number of likely N-dealkylation sites (N-methyl/N-ethyl adjacent to an activating group) is 1. The lowest BCUT2D eigenvalue weighted by Crippen LogP contribution is -2.21. The standard InChI is InChI=1S/C10H16N4O2/c1-14(2)4-3-12-9-8(11)5-7(6-13-9)10(15)16/h5-6H,3-4,11H2,1-2H3,(H,12,13)(H,15,16). The van der Waals surface area contributed by atoms with Crippen molar-refractivity contribution >= 4 is 17.5 Å². The SMILES string of the molecule is CN(C)CCNc1ncc(C(=O)O)cc1N. The van der Waals surface area contributed by atoms with Gasteiger partial charge in [-0.3, -0.25) is 0 Å². The number of anilines is 2. The van der Waals surface area contributed by atoms with Crippen LogP contribution in [-0.2, 0) is 0 Å². The van der Waals surface area contributed by atoms with Crippen LogP contribution < -0.4 is 11.1 Å². The molecule has 0 amide bonds. The molecule has 0 radical (unpaired) electrons. The molecule has 4 N–H and O–H groups in total. The molecule has 6 nitrogen and oxygen atoms in total. The van der Waals surface area contributed by atoms with Gasteiger partial charge >= 0.3 is 5.97 Å². The van der Waals surface area contributed by atoms with Crippen molar-refractivity contribution in [3.05, 3.63) is 17.8 Å².